The van der Waals surface area contributed by atoms with Gasteiger partial charge in [0, 0.05) is 11.8 Å². The number of rotatable bonds is 2. The summed E-state index contributed by atoms with van der Waals surface area (Å²) in [6.07, 6.45) is -1.04. The van der Waals surface area contributed by atoms with Crippen molar-refractivity contribution in [1.82, 2.24) is 4.90 Å². The number of hydrogen-bond acceptors (Lipinski definition) is 5. The molecule has 0 saturated carbocycles. The highest BCUT2D eigenvalue weighted by atomic mass is 35.5. The molecular weight excluding hydrogens is 371 g/mol. The van der Waals surface area contributed by atoms with Crippen LogP contribution in [0.5, 0.6) is 0 Å². The Morgan fingerprint density at radius 3 is 2.42 bits per heavy atom. The maximum atomic E-state index is 13.8. The van der Waals surface area contributed by atoms with Gasteiger partial charge in [-0.15, -0.1) is 0 Å². The summed E-state index contributed by atoms with van der Waals surface area (Å²) in [5.74, 6) is -1.85. The van der Waals surface area contributed by atoms with Crippen LogP contribution in [0.2, 0.25) is 0 Å². The van der Waals surface area contributed by atoms with Crippen molar-refractivity contribution in [3.63, 3.8) is 0 Å². The van der Waals surface area contributed by atoms with Gasteiger partial charge in [0.2, 0.25) is 0 Å². The average Bonchev–Trinajstić information content (AvgIpc) is 2.60. The van der Waals surface area contributed by atoms with E-state index in [0.29, 0.717) is 5.56 Å². The van der Waals surface area contributed by atoms with Gasteiger partial charge in [0.15, 0.2) is 0 Å². The van der Waals surface area contributed by atoms with Crippen LogP contribution >= 0.6 is 11.6 Å². The number of carbonyl (C=O) groups excluding carboxylic acids is 1. The molecule has 0 saturated heterocycles. The van der Waals surface area contributed by atoms with E-state index in [-0.39, 0.29) is 16.7 Å². The number of ether oxygens (including phenoxy) is 1. The number of hydrogen-bond donors (Lipinski definition) is 0. The van der Waals surface area contributed by atoms with Crippen LogP contribution in [0.1, 0.15) is 11.1 Å². The second-order valence-corrected chi connectivity index (χ2v) is 6.09. The minimum Gasteiger partial charge on any atom is -0.465 e. The first-order valence-electron chi connectivity index (χ1n) is 7.44. The van der Waals surface area contributed by atoms with Crippen molar-refractivity contribution in [1.29, 1.82) is 0 Å². The van der Waals surface area contributed by atoms with E-state index in [1.807, 2.05) is 6.92 Å². The van der Waals surface area contributed by atoms with Crippen LogP contribution in [-0.2, 0) is 9.53 Å². The smallest absolute Gasteiger partial charge is 0.445 e. The van der Waals surface area contributed by atoms with Crippen molar-refractivity contribution in [2.45, 2.75) is 18.8 Å². The summed E-state index contributed by atoms with van der Waals surface area (Å²) in [6, 6.07) is 6.66. The highest BCUT2D eigenvalue weighted by molar-refractivity contribution is 6.32. The average molecular weight is 384 g/mol. The van der Waals surface area contributed by atoms with E-state index in [1.165, 1.54) is 23.3 Å². The SMILES string of the molecule is COC(=O)C1(C(F)(F)F)N=C2C=CC(Cl)=CN2C(c2ccc(C)cc2)=N1. The largest absolute Gasteiger partial charge is 0.465 e. The molecule has 0 spiro atoms. The molecular formula is C17H13ClF3N3O2. The number of benzene rings is 1. The molecule has 2 aliphatic rings. The van der Waals surface area contributed by atoms with E-state index < -0.39 is 17.8 Å². The van der Waals surface area contributed by atoms with E-state index in [2.05, 4.69) is 14.7 Å². The van der Waals surface area contributed by atoms with Crippen LogP contribution in [-0.4, -0.2) is 41.5 Å². The quantitative estimate of drug-likeness (QED) is 0.734. The number of esters is 1. The van der Waals surface area contributed by atoms with Gasteiger partial charge in [-0.2, -0.15) is 13.2 Å². The predicted molar refractivity (Wildman–Crippen MR) is 90.9 cm³/mol. The Bertz CT molecular complexity index is 872. The third kappa shape index (κ3) is 2.90. The van der Waals surface area contributed by atoms with Crippen molar-refractivity contribution < 1.29 is 22.7 Å². The summed E-state index contributed by atoms with van der Waals surface area (Å²) < 4.78 is 45.8. The number of amidine groups is 2. The zero-order valence-electron chi connectivity index (χ0n) is 13.7. The Morgan fingerprint density at radius 2 is 1.85 bits per heavy atom. The monoisotopic (exact) mass is 383 g/mol. The predicted octanol–water partition coefficient (Wildman–Crippen LogP) is 3.54. The lowest BCUT2D eigenvalue weighted by Crippen LogP contribution is -2.55. The van der Waals surface area contributed by atoms with E-state index >= 15 is 0 Å². The fourth-order valence-electron chi connectivity index (χ4n) is 2.51. The van der Waals surface area contributed by atoms with Crippen LogP contribution in [0.3, 0.4) is 0 Å². The van der Waals surface area contributed by atoms with Gasteiger partial charge >= 0.3 is 17.8 Å². The lowest BCUT2D eigenvalue weighted by Gasteiger charge is -2.36. The van der Waals surface area contributed by atoms with E-state index in [0.717, 1.165) is 12.7 Å². The molecule has 0 radical (unpaired) electrons. The topological polar surface area (TPSA) is 54.3 Å². The molecule has 3 rings (SSSR count). The third-order valence-electron chi connectivity index (χ3n) is 3.84. The molecule has 0 N–H and O–H groups in total. The molecule has 1 aromatic carbocycles. The van der Waals surface area contributed by atoms with Gasteiger partial charge in [-0.05, 0) is 19.1 Å². The van der Waals surface area contributed by atoms with Crippen molar-refractivity contribution in [3.05, 3.63) is 58.8 Å². The van der Waals surface area contributed by atoms with Gasteiger partial charge in [0.25, 0.3) is 0 Å². The van der Waals surface area contributed by atoms with Gasteiger partial charge < -0.3 is 4.74 Å². The Morgan fingerprint density at radius 1 is 1.19 bits per heavy atom. The molecule has 0 aromatic heterocycles. The Balaban J connectivity index is 2.27. The van der Waals surface area contributed by atoms with E-state index in [1.54, 1.807) is 24.3 Å². The number of allylic oxidation sites excluding steroid dienone is 2. The third-order valence-corrected chi connectivity index (χ3v) is 4.06. The van der Waals surface area contributed by atoms with Crippen LogP contribution < -0.4 is 0 Å². The fourth-order valence-corrected chi connectivity index (χ4v) is 2.67. The normalized spacial score (nSPS) is 22.2. The molecule has 5 nitrogen and oxygen atoms in total. The Kier molecular flexibility index (Phi) is 4.39. The number of methoxy groups -OCH3 is 1. The summed E-state index contributed by atoms with van der Waals surface area (Å²) in [5.41, 5.74) is -2.09. The van der Waals surface area contributed by atoms with Gasteiger partial charge in [0.1, 0.15) is 11.7 Å². The highest BCUT2D eigenvalue weighted by Gasteiger charge is 2.64. The second kappa shape index (κ2) is 6.28. The van der Waals surface area contributed by atoms with E-state index in [4.69, 9.17) is 11.6 Å². The van der Waals surface area contributed by atoms with Gasteiger partial charge in [0.05, 0.1) is 12.1 Å². The maximum absolute atomic E-state index is 13.8. The minimum atomic E-state index is -5.09. The molecule has 26 heavy (non-hydrogen) atoms. The van der Waals surface area contributed by atoms with Crippen LogP contribution in [0.25, 0.3) is 0 Å². The first-order valence-corrected chi connectivity index (χ1v) is 7.82. The summed E-state index contributed by atoms with van der Waals surface area (Å²) >= 11 is 5.97. The Hall–Kier alpha value is -2.61. The number of aryl methyl sites for hydroxylation is 1. The van der Waals surface area contributed by atoms with Crippen LogP contribution in [0.4, 0.5) is 13.2 Å². The zero-order valence-corrected chi connectivity index (χ0v) is 14.5. The fraction of sp³-hybridized carbons (Fsp3) is 0.235. The summed E-state index contributed by atoms with van der Waals surface area (Å²) in [7, 11) is 0.858. The lowest BCUT2D eigenvalue weighted by molar-refractivity contribution is -0.202. The van der Waals surface area contributed by atoms with Gasteiger partial charge in [-0.3, -0.25) is 4.90 Å². The second-order valence-electron chi connectivity index (χ2n) is 5.65. The summed E-state index contributed by atoms with van der Waals surface area (Å²) in [5, 5.41) is 0.279. The molecule has 9 heteroatoms. The highest BCUT2D eigenvalue weighted by Crippen LogP contribution is 2.40. The van der Waals surface area contributed by atoms with Gasteiger partial charge in [-0.25, -0.2) is 14.8 Å². The first kappa shape index (κ1) is 18.2. The lowest BCUT2D eigenvalue weighted by atomic mass is 10.1. The van der Waals surface area contributed by atoms with Crippen molar-refractivity contribution in [2.75, 3.05) is 7.11 Å². The van der Waals surface area contributed by atoms with Crippen LogP contribution in [0, 0.1) is 6.92 Å². The number of fused-ring (bicyclic) bond motifs is 1. The molecule has 0 fully saturated rings. The van der Waals surface area contributed by atoms with Crippen LogP contribution in [0.15, 0.2) is 57.6 Å². The molecule has 0 amide bonds. The van der Waals surface area contributed by atoms with Crippen molar-refractivity contribution in [2.24, 2.45) is 9.98 Å². The maximum Gasteiger partial charge on any atom is 0.445 e. The number of halogens is 4. The zero-order chi connectivity index (χ0) is 19.1. The molecule has 1 unspecified atom stereocenters. The molecule has 2 aliphatic heterocycles. The van der Waals surface area contributed by atoms with Gasteiger partial charge in [-0.1, -0.05) is 41.4 Å². The number of carbonyl (C=O) groups is 1. The molecule has 1 atom stereocenters. The van der Waals surface area contributed by atoms with Crippen molar-refractivity contribution >= 4 is 29.2 Å². The summed E-state index contributed by atoms with van der Waals surface area (Å²) in [4.78, 5) is 20.6. The number of alkyl halides is 3. The summed E-state index contributed by atoms with van der Waals surface area (Å²) in [6.45, 7) is 1.84. The number of nitrogens with zero attached hydrogens (tertiary/aromatic N) is 3. The molecule has 0 bridgehead atoms. The van der Waals surface area contributed by atoms with E-state index in [9.17, 15) is 18.0 Å². The number of aliphatic imine (C=N–C) groups is 2. The molecule has 2 heterocycles. The standard InChI is InChI=1S/C17H13ClF3N3O2/c1-10-3-5-11(6-4-10)14-23-16(15(25)26-2,17(19,20)21)22-13-8-7-12(18)9-24(13)14/h3-9H,1-2H3. The Labute approximate surface area is 152 Å². The molecule has 0 aliphatic carbocycles. The van der Waals surface area contributed by atoms with Crippen molar-refractivity contribution in [3.8, 4) is 0 Å². The molecule has 136 valence electrons. The first-order chi connectivity index (χ1) is 12.2. The minimum absolute atomic E-state index is 0.111. The molecule has 1 aromatic rings.